The van der Waals surface area contributed by atoms with Crippen LogP contribution < -0.4 is 15.6 Å². The van der Waals surface area contributed by atoms with Crippen molar-refractivity contribution in [2.45, 2.75) is 37.9 Å². The number of rotatable bonds is 5. The molecule has 2 aromatic carbocycles. The van der Waals surface area contributed by atoms with Crippen molar-refractivity contribution in [1.82, 2.24) is 20.7 Å². The molecule has 3 heterocycles. The summed E-state index contributed by atoms with van der Waals surface area (Å²) in [6.07, 6.45) is 3.84. The molecule has 0 aromatic heterocycles. The molecule has 3 aliphatic rings. The van der Waals surface area contributed by atoms with Crippen LogP contribution in [-0.4, -0.2) is 55.7 Å². The lowest BCUT2D eigenvalue weighted by molar-refractivity contribution is 0.0783. The maximum atomic E-state index is 5.32. The second kappa shape index (κ2) is 9.06. The van der Waals surface area contributed by atoms with Gasteiger partial charge in [0, 0.05) is 44.7 Å². The molecule has 2 aromatic rings. The van der Waals surface area contributed by atoms with Crippen LogP contribution >= 0.6 is 0 Å². The summed E-state index contributed by atoms with van der Waals surface area (Å²) in [6, 6.07) is 18.6. The molecule has 3 atom stereocenters. The van der Waals surface area contributed by atoms with Crippen molar-refractivity contribution in [2.24, 2.45) is 5.92 Å². The summed E-state index contributed by atoms with van der Waals surface area (Å²) < 4.78 is 5.32. The normalized spacial score (nSPS) is 27.7. The first-order valence-corrected chi connectivity index (χ1v) is 11.5. The number of methoxy groups -OCH3 is 1. The number of hydrogen-bond donors (Lipinski definition) is 2. The van der Waals surface area contributed by atoms with E-state index >= 15 is 0 Å². The number of benzene rings is 2. The fourth-order valence-electron chi connectivity index (χ4n) is 5.53. The molecular weight excluding hydrogens is 372 g/mol. The Hall–Kier alpha value is -1.92. The summed E-state index contributed by atoms with van der Waals surface area (Å²) in [7, 11) is 1.72. The molecule has 0 radical (unpaired) electrons. The van der Waals surface area contributed by atoms with Crippen molar-refractivity contribution < 1.29 is 4.74 Å². The molecule has 5 rings (SSSR count). The minimum absolute atomic E-state index is 0.359. The van der Waals surface area contributed by atoms with Crippen LogP contribution in [0, 0.1) is 5.92 Å². The fourth-order valence-corrected chi connectivity index (χ4v) is 5.53. The molecule has 0 aliphatic carbocycles. The van der Waals surface area contributed by atoms with E-state index in [1.807, 2.05) is 0 Å². The second-order valence-electron chi connectivity index (χ2n) is 9.08. The van der Waals surface area contributed by atoms with E-state index in [2.05, 4.69) is 69.2 Å². The minimum atomic E-state index is 0.359. The molecule has 5 nitrogen and oxygen atoms in total. The molecule has 0 bridgehead atoms. The number of hydrazine groups is 1. The highest BCUT2D eigenvalue weighted by molar-refractivity contribution is 5.30. The van der Waals surface area contributed by atoms with Gasteiger partial charge in [0.05, 0.1) is 13.2 Å². The first kappa shape index (κ1) is 20.0. The molecule has 2 saturated heterocycles. The zero-order chi connectivity index (χ0) is 20.3. The quantitative estimate of drug-likeness (QED) is 0.799. The Bertz CT molecular complexity index is 839. The standard InChI is InChI=1S/C25H34N4O/c1-30-24-10-8-20(9-11-24)25-22(15-26-27-25)16-28-13-4-7-23(18-28)29-14-12-19-5-2-3-6-21(19)17-29/h2-3,5-6,8-11,22-23,25-27H,4,7,12-18H2,1H3. The van der Waals surface area contributed by atoms with Crippen molar-refractivity contribution in [3.8, 4) is 5.75 Å². The third kappa shape index (κ3) is 4.26. The van der Waals surface area contributed by atoms with Crippen molar-refractivity contribution in [1.29, 1.82) is 0 Å². The Morgan fingerprint density at radius 2 is 1.87 bits per heavy atom. The molecule has 5 heteroatoms. The van der Waals surface area contributed by atoms with Crippen LogP contribution in [0.15, 0.2) is 48.5 Å². The first-order chi connectivity index (χ1) is 14.8. The predicted molar refractivity (Wildman–Crippen MR) is 120 cm³/mol. The largest absolute Gasteiger partial charge is 0.497 e. The smallest absolute Gasteiger partial charge is 0.118 e. The van der Waals surface area contributed by atoms with Crippen LogP contribution in [0.25, 0.3) is 0 Å². The zero-order valence-corrected chi connectivity index (χ0v) is 18.0. The Balaban J connectivity index is 1.21. The van der Waals surface area contributed by atoms with E-state index in [1.54, 1.807) is 12.7 Å². The van der Waals surface area contributed by atoms with Gasteiger partial charge in [-0.3, -0.25) is 10.3 Å². The van der Waals surface area contributed by atoms with Gasteiger partial charge in [-0.1, -0.05) is 36.4 Å². The van der Waals surface area contributed by atoms with Crippen LogP contribution in [0.5, 0.6) is 5.75 Å². The van der Waals surface area contributed by atoms with Gasteiger partial charge in [-0.2, -0.15) is 0 Å². The number of fused-ring (bicyclic) bond motifs is 1. The monoisotopic (exact) mass is 406 g/mol. The van der Waals surface area contributed by atoms with Crippen LogP contribution in [0.2, 0.25) is 0 Å². The highest BCUT2D eigenvalue weighted by Gasteiger charge is 2.33. The van der Waals surface area contributed by atoms with E-state index in [1.165, 1.54) is 50.0 Å². The van der Waals surface area contributed by atoms with Gasteiger partial charge in [0.25, 0.3) is 0 Å². The van der Waals surface area contributed by atoms with E-state index in [9.17, 15) is 0 Å². The topological polar surface area (TPSA) is 39.8 Å². The molecule has 2 fully saturated rings. The number of ether oxygens (including phenoxy) is 1. The highest BCUT2D eigenvalue weighted by atomic mass is 16.5. The summed E-state index contributed by atoms with van der Waals surface area (Å²) >= 11 is 0. The van der Waals surface area contributed by atoms with Gasteiger partial charge >= 0.3 is 0 Å². The maximum absolute atomic E-state index is 5.32. The summed E-state index contributed by atoms with van der Waals surface area (Å²) in [5, 5.41) is 0. The summed E-state index contributed by atoms with van der Waals surface area (Å²) in [5.74, 6) is 1.50. The van der Waals surface area contributed by atoms with Crippen LogP contribution in [0.4, 0.5) is 0 Å². The number of hydrogen-bond acceptors (Lipinski definition) is 5. The van der Waals surface area contributed by atoms with Crippen LogP contribution in [0.1, 0.15) is 35.6 Å². The van der Waals surface area contributed by atoms with Crippen LogP contribution in [-0.2, 0) is 13.0 Å². The van der Waals surface area contributed by atoms with Gasteiger partial charge in [0.2, 0.25) is 0 Å². The number of nitrogens with zero attached hydrogens (tertiary/aromatic N) is 2. The number of piperidine rings is 1. The summed E-state index contributed by atoms with van der Waals surface area (Å²) in [6.45, 7) is 6.93. The minimum Gasteiger partial charge on any atom is -0.497 e. The van der Waals surface area contributed by atoms with Crippen molar-refractivity contribution in [3.63, 3.8) is 0 Å². The Labute approximate surface area is 180 Å². The van der Waals surface area contributed by atoms with Crippen LogP contribution in [0.3, 0.4) is 0 Å². The SMILES string of the molecule is COc1ccc(C2NNCC2CN2CCCC(N3CCc4ccccc4C3)C2)cc1. The van der Waals surface area contributed by atoms with E-state index in [0.29, 0.717) is 18.0 Å². The molecular formula is C25H34N4O. The molecule has 3 aliphatic heterocycles. The zero-order valence-electron chi connectivity index (χ0n) is 18.0. The molecule has 2 N–H and O–H groups in total. The van der Waals surface area contributed by atoms with Gasteiger partial charge < -0.3 is 9.64 Å². The van der Waals surface area contributed by atoms with Crippen molar-refractivity contribution in [3.05, 3.63) is 65.2 Å². The van der Waals surface area contributed by atoms with Gasteiger partial charge in [0.1, 0.15) is 5.75 Å². The molecule has 0 saturated carbocycles. The molecule has 0 spiro atoms. The number of nitrogens with one attached hydrogen (secondary N) is 2. The van der Waals surface area contributed by atoms with Crippen molar-refractivity contribution in [2.75, 3.05) is 39.8 Å². The van der Waals surface area contributed by atoms with Gasteiger partial charge in [-0.25, -0.2) is 5.43 Å². The Morgan fingerprint density at radius 3 is 2.70 bits per heavy atom. The summed E-state index contributed by atoms with van der Waals surface area (Å²) in [4.78, 5) is 5.45. The van der Waals surface area contributed by atoms with Gasteiger partial charge in [-0.15, -0.1) is 0 Å². The summed E-state index contributed by atoms with van der Waals surface area (Å²) in [5.41, 5.74) is 11.3. The Kier molecular flexibility index (Phi) is 6.05. The van der Waals surface area contributed by atoms with E-state index < -0.39 is 0 Å². The lowest BCUT2D eigenvalue weighted by Crippen LogP contribution is -2.50. The third-order valence-electron chi connectivity index (χ3n) is 7.22. The van der Waals surface area contributed by atoms with E-state index in [-0.39, 0.29) is 0 Å². The lowest BCUT2D eigenvalue weighted by atomic mass is 9.92. The predicted octanol–water partition coefficient (Wildman–Crippen LogP) is 2.98. The highest BCUT2D eigenvalue weighted by Crippen LogP contribution is 2.29. The fraction of sp³-hybridized carbons (Fsp3) is 0.520. The number of likely N-dealkylation sites (tertiary alicyclic amines) is 1. The molecule has 160 valence electrons. The van der Waals surface area contributed by atoms with Crippen molar-refractivity contribution >= 4 is 0 Å². The average molecular weight is 407 g/mol. The van der Waals surface area contributed by atoms with Gasteiger partial charge in [-0.05, 0) is 54.6 Å². The molecule has 3 unspecified atom stereocenters. The third-order valence-corrected chi connectivity index (χ3v) is 7.22. The van der Waals surface area contributed by atoms with E-state index in [0.717, 1.165) is 25.4 Å². The van der Waals surface area contributed by atoms with E-state index in [4.69, 9.17) is 4.74 Å². The second-order valence-corrected chi connectivity index (χ2v) is 9.08. The maximum Gasteiger partial charge on any atom is 0.118 e. The molecule has 0 amide bonds. The first-order valence-electron chi connectivity index (χ1n) is 11.5. The lowest BCUT2D eigenvalue weighted by Gasteiger charge is -2.42. The Morgan fingerprint density at radius 1 is 1.03 bits per heavy atom. The van der Waals surface area contributed by atoms with Gasteiger partial charge in [0.15, 0.2) is 0 Å². The molecule has 30 heavy (non-hydrogen) atoms. The average Bonchev–Trinajstić information content (AvgIpc) is 3.27.